The number of rotatable bonds is 4. The van der Waals surface area contributed by atoms with Crippen LogP contribution < -0.4 is 11.1 Å². The Morgan fingerprint density at radius 1 is 1.71 bits per heavy atom. The molecule has 0 spiro atoms. The fourth-order valence-electron chi connectivity index (χ4n) is 1.70. The lowest BCUT2D eigenvalue weighted by Crippen LogP contribution is -2.15. The molecule has 1 aromatic heterocycles. The number of nitrogens with one attached hydrogen (secondary N) is 1. The lowest BCUT2D eigenvalue weighted by Gasteiger charge is -2.10. The number of hydrogen-bond donors (Lipinski definition) is 2. The molecule has 1 unspecified atom stereocenters. The summed E-state index contributed by atoms with van der Waals surface area (Å²) in [7, 11) is 1.34. The highest BCUT2D eigenvalue weighted by Gasteiger charge is 2.21. The third-order valence-electron chi connectivity index (χ3n) is 2.68. The third-order valence-corrected chi connectivity index (χ3v) is 4.73. The minimum atomic E-state index is -0.431. The number of hydrogen-bond acceptors (Lipinski definition) is 7. The Morgan fingerprint density at radius 2 is 2.53 bits per heavy atom. The zero-order valence-electron chi connectivity index (χ0n) is 9.56. The number of methoxy groups -OCH3 is 1. The van der Waals surface area contributed by atoms with E-state index in [-0.39, 0.29) is 5.82 Å². The predicted molar refractivity (Wildman–Crippen MR) is 71.8 cm³/mol. The lowest BCUT2D eigenvalue weighted by atomic mass is 10.1. The van der Waals surface area contributed by atoms with Gasteiger partial charge in [-0.3, -0.25) is 0 Å². The molecule has 0 radical (unpaired) electrons. The van der Waals surface area contributed by atoms with Gasteiger partial charge in [-0.25, -0.2) is 4.79 Å². The van der Waals surface area contributed by atoms with Crippen LogP contribution in [0.2, 0.25) is 0 Å². The summed E-state index contributed by atoms with van der Waals surface area (Å²) in [4.78, 5) is 11.5. The summed E-state index contributed by atoms with van der Waals surface area (Å²) in [6, 6.07) is 0. The molecule has 17 heavy (non-hydrogen) atoms. The molecule has 0 amide bonds. The Morgan fingerprint density at radius 3 is 3.18 bits per heavy atom. The molecule has 2 heterocycles. The van der Waals surface area contributed by atoms with Gasteiger partial charge in [0.05, 0.1) is 7.11 Å². The Labute approximate surface area is 108 Å². The lowest BCUT2D eigenvalue weighted by molar-refractivity contribution is 0.0603. The van der Waals surface area contributed by atoms with E-state index in [9.17, 15) is 4.79 Å². The maximum atomic E-state index is 11.5. The fourth-order valence-corrected chi connectivity index (χ4v) is 3.70. The number of ether oxygens (including phenoxy) is 1. The molecule has 0 aliphatic carbocycles. The molecule has 1 aliphatic heterocycles. The first-order chi connectivity index (χ1) is 8.22. The van der Waals surface area contributed by atoms with Gasteiger partial charge in [0.15, 0.2) is 5.82 Å². The van der Waals surface area contributed by atoms with Crippen molar-refractivity contribution in [2.75, 3.05) is 36.2 Å². The van der Waals surface area contributed by atoms with E-state index in [2.05, 4.69) is 9.69 Å². The molecule has 0 aromatic carbocycles. The van der Waals surface area contributed by atoms with Crippen molar-refractivity contribution >= 4 is 40.1 Å². The second-order valence-electron chi connectivity index (χ2n) is 3.87. The standard InChI is InChI=1S/C10H15N3O2S2/c1-15-10(14)7-8(11)13-17-9(7)12-4-6-2-3-16-5-6/h6,12H,2-5H2,1H3,(H2,11,13). The Bertz CT molecular complexity index is 402. The molecule has 1 aliphatic rings. The molecule has 2 rings (SSSR count). The Kier molecular flexibility index (Phi) is 4.11. The maximum absolute atomic E-state index is 11.5. The van der Waals surface area contributed by atoms with Crippen LogP contribution in [0.5, 0.6) is 0 Å². The van der Waals surface area contributed by atoms with Crippen LogP contribution in [-0.4, -0.2) is 35.5 Å². The van der Waals surface area contributed by atoms with Gasteiger partial charge in [-0.2, -0.15) is 16.1 Å². The molecular formula is C10H15N3O2S2. The van der Waals surface area contributed by atoms with Crippen LogP contribution in [0.3, 0.4) is 0 Å². The van der Waals surface area contributed by atoms with Gasteiger partial charge in [0, 0.05) is 6.54 Å². The van der Waals surface area contributed by atoms with Crippen molar-refractivity contribution in [1.82, 2.24) is 4.37 Å². The number of anilines is 2. The van der Waals surface area contributed by atoms with E-state index in [0.717, 1.165) is 6.54 Å². The number of carbonyl (C=O) groups excluding carboxylic acids is 1. The van der Waals surface area contributed by atoms with Gasteiger partial charge in [-0.05, 0) is 35.4 Å². The number of carbonyl (C=O) groups is 1. The van der Waals surface area contributed by atoms with Crippen LogP contribution in [-0.2, 0) is 4.74 Å². The maximum Gasteiger partial charge on any atom is 0.344 e. The first-order valence-corrected chi connectivity index (χ1v) is 7.30. The third kappa shape index (κ3) is 2.84. The molecule has 1 atom stereocenters. The van der Waals surface area contributed by atoms with Crippen LogP contribution in [0.15, 0.2) is 0 Å². The smallest absolute Gasteiger partial charge is 0.344 e. The number of nitrogens with zero attached hydrogens (tertiary/aromatic N) is 1. The largest absolute Gasteiger partial charge is 0.465 e. The number of thioether (sulfide) groups is 1. The molecule has 1 saturated heterocycles. The zero-order chi connectivity index (χ0) is 12.3. The summed E-state index contributed by atoms with van der Waals surface area (Å²) in [5.74, 6) is 2.87. The quantitative estimate of drug-likeness (QED) is 0.813. The molecule has 7 heteroatoms. The molecule has 0 bridgehead atoms. The molecule has 0 saturated carbocycles. The summed E-state index contributed by atoms with van der Waals surface area (Å²) in [6.07, 6.45) is 1.22. The number of aromatic nitrogens is 1. The van der Waals surface area contributed by atoms with Crippen molar-refractivity contribution in [3.8, 4) is 0 Å². The van der Waals surface area contributed by atoms with Gasteiger partial charge >= 0.3 is 5.97 Å². The van der Waals surface area contributed by atoms with Crippen LogP contribution >= 0.6 is 23.3 Å². The second kappa shape index (κ2) is 5.59. The predicted octanol–water partition coefficient (Wildman–Crippen LogP) is 1.68. The molecule has 5 nitrogen and oxygen atoms in total. The molecule has 3 N–H and O–H groups in total. The first kappa shape index (κ1) is 12.5. The number of nitrogen functional groups attached to an aromatic ring is 1. The zero-order valence-corrected chi connectivity index (χ0v) is 11.2. The van der Waals surface area contributed by atoms with Crippen LogP contribution in [0.25, 0.3) is 0 Å². The average molecular weight is 273 g/mol. The Balaban J connectivity index is 2.02. The van der Waals surface area contributed by atoms with Gasteiger partial charge in [0.1, 0.15) is 10.6 Å². The minimum Gasteiger partial charge on any atom is -0.465 e. The summed E-state index contributed by atoms with van der Waals surface area (Å²) < 4.78 is 8.67. The summed E-state index contributed by atoms with van der Waals surface area (Å²) in [5.41, 5.74) is 6.02. The van der Waals surface area contributed by atoms with Crippen molar-refractivity contribution in [2.45, 2.75) is 6.42 Å². The van der Waals surface area contributed by atoms with Crippen molar-refractivity contribution < 1.29 is 9.53 Å². The fraction of sp³-hybridized carbons (Fsp3) is 0.600. The van der Waals surface area contributed by atoms with E-state index in [1.165, 1.54) is 36.6 Å². The van der Waals surface area contributed by atoms with Gasteiger partial charge in [0.2, 0.25) is 0 Å². The Hall–Kier alpha value is -0.950. The molecular weight excluding hydrogens is 258 g/mol. The highest BCUT2D eigenvalue weighted by molar-refractivity contribution is 7.99. The normalized spacial score (nSPS) is 19.2. The number of esters is 1. The van der Waals surface area contributed by atoms with Crippen molar-refractivity contribution in [1.29, 1.82) is 0 Å². The van der Waals surface area contributed by atoms with Crippen LogP contribution in [0.4, 0.5) is 10.8 Å². The van der Waals surface area contributed by atoms with Gasteiger partial charge in [0.25, 0.3) is 0 Å². The SMILES string of the molecule is COC(=O)c1c(N)nsc1NCC1CCSC1. The second-order valence-corrected chi connectivity index (χ2v) is 5.80. The minimum absolute atomic E-state index is 0.241. The van der Waals surface area contributed by atoms with E-state index in [1.54, 1.807) is 0 Å². The van der Waals surface area contributed by atoms with E-state index in [1.807, 2.05) is 11.8 Å². The van der Waals surface area contributed by atoms with Gasteiger partial charge < -0.3 is 15.8 Å². The van der Waals surface area contributed by atoms with Crippen LogP contribution in [0.1, 0.15) is 16.8 Å². The summed E-state index contributed by atoms with van der Waals surface area (Å²) >= 11 is 3.18. The van der Waals surface area contributed by atoms with Crippen molar-refractivity contribution in [2.24, 2.45) is 5.92 Å². The summed E-state index contributed by atoms with van der Waals surface area (Å²) in [5, 5.41) is 3.97. The first-order valence-electron chi connectivity index (χ1n) is 5.37. The summed E-state index contributed by atoms with van der Waals surface area (Å²) in [6.45, 7) is 0.860. The van der Waals surface area contributed by atoms with Crippen molar-refractivity contribution in [3.63, 3.8) is 0 Å². The van der Waals surface area contributed by atoms with Crippen LogP contribution in [0, 0.1) is 5.92 Å². The van der Waals surface area contributed by atoms with E-state index >= 15 is 0 Å². The highest BCUT2D eigenvalue weighted by atomic mass is 32.2. The van der Waals surface area contributed by atoms with Gasteiger partial charge in [-0.1, -0.05) is 0 Å². The number of nitrogens with two attached hydrogens (primary N) is 1. The molecule has 94 valence electrons. The average Bonchev–Trinajstić information content (AvgIpc) is 2.95. The van der Waals surface area contributed by atoms with E-state index in [0.29, 0.717) is 16.5 Å². The highest BCUT2D eigenvalue weighted by Crippen LogP contribution is 2.29. The molecule has 1 fully saturated rings. The van der Waals surface area contributed by atoms with E-state index in [4.69, 9.17) is 10.5 Å². The topological polar surface area (TPSA) is 77.2 Å². The molecule has 1 aromatic rings. The van der Waals surface area contributed by atoms with E-state index < -0.39 is 5.97 Å². The monoisotopic (exact) mass is 273 g/mol. The van der Waals surface area contributed by atoms with Gasteiger partial charge in [-0.15, -0.1) is 0 Å². The van der Waals surface area contributed by atoms with Crippen molar-refractivity contribution in [3.05, 3.63) is 5.56 Å².